The Bertz CT molecular complexity index is 4330. The van der Waals surface area contributed by atoms with Crippen LogP contribution in [-0.2, 0) is 0 Å². The Balaban J connectivity index is 0.000000145. The minimum absolute atomic E-state index is 0. The standard InChI is InChI=1S/C34H22IN.C24H17BNO2.C10H5I2.HI.H2/c35-31-14-7-9-25-8-6-13-28(34(25)31)24-18-16-23(17-19-24)26-20-21-33-30(22-26)29-12-4-5-15-32(29)36(33)27-10-2-1-3-11-27;27-25-28-20-13-10-17(11-14-20)18-12-15-24-22(16-18)21-8-4-5-9-23(21)26(24)19-6-2-1-3-7-19;11-8-5-1-3-7-4-2-6-9(12)10(7)8;;/h1-22H;1-16,27H;1-5H;2*1H/q;;+1;;. The van der Waals surface area contributed by atoms with Crippen molar-refractivity contribution in [3.63, 3.8) is 0 Å². The second-order valence-electron chi connectivity index (χ2n) is 18.3. The Morgan fingerprint density at radius 2 is 0.896 bits per heavy atom. The Morgan fingerprint density at radius 3 is 1.45 bits per heavy atom. The van der Waals surface area contributed by atoms with E-state index < -0.39 is 0 Å². The van der Waals surface area contributed by atoms with Crippen LogP contribution in [0.15, 0.2) is 255 Å². The fourth-order valence-electron chi connectivity index (χ4n) is 10.4. The lowest BCUT2D eigenvalue weighted by atomic mass is 9.96. The van der Waals surface area contributed by atoms with Crippen molar-refractivity contribution in [2.75, 3.05) is 0 Å². The normalized spacial score (nSPS) is 11.5. The maximum Gasteiger partial charge on any atom is 0.569 e. The van der Waals surface area contributed by atoms with E-state index in [2.05, 4.69) is 307 Å². The van der Waals surface area contributed by atoms with Gasteiger partial charge in [0.2, 0.25) is 0 Å². The molecule has 0 saturated carbocycles. The second-order valence-corrected chi connectivity index (χ2v) is 21.7. The fraction of sp³-hybridized carbons (Fsp3) is 0. The summed E-state index contributed by atoms with van der Waals surface area (Å²) in [7, 11) is 0.694. The van der Waals surface area contributed by atoms with E-state index in [9.17, 15) is 0 Å². The largest absolute Gasteiger partial charge is 0.569 e. The van der Waals surface area contributed by atoms with Gasteiger partial charge in [-0.1, -0.05) is 158 Å². The lowest BCUT2D eigenvalue weighted by Gasteiger charge is -2.10. The van der Waals surface area contributed by atoms with E-state index in [1.54, 1.807) is 0 Å². The molecule has 0 bridgehead atoms. The molecule has 1 radical (unpaired) electrons. The lowest BCUT2D eigenvalue weighted by molar-refractivity contribution is 0.454. The minimum atomic E-state index is 0. The molecule has 0 saturated heterocycles. The Morgan fingerprint density at radius 1 is 0.429 bits per heavy atom. The predicted octanol–water partition coefficient (Wildman–Crippen LogP) is 20.0. The average molecular weight is 1440 g/mol. The van der Waals surface area contributed by atoms with E-state index in [0.717, 1.165) is 16.8 Å². The summed E-state index contributed by atoms with van der Waals surface area (Å²) in [6.45, 7) is 0. The number of halogens is 4. The van der Waals surface area contributed by atoms with Crippen molar-refractivity contribution in [1.82, 2.24) is 9.13 Å². The van der Waals surface area contributed by atoms with Gasteiger partial charge in [0.05, 0.1) is 43.4 Å². The molecule has 371 valence electrons. The van der Waals surface area contributed by atoms with Crippen LogP contribution in [0.4, 0.5) is 0 Å². The molecule has 0 spiro atoms. The van der Waals surface area contributed by atoms with Crippen LogP contribution in [0.5, 0.6) is 5.75 Å². The molecule has 9 heteroatoms. The van der Waals surface area contributed by atoms with Crippen LogP contribution in [0.1, 0.15) is 12.6 Å². The number of allylic oxidation sites excluding steroid dienone is 2. The number of nitrogens with zero attached hydrogens (tertiary/aromatic N) is 2. The molecule has 2 aromatic heterocycles. The van der Waals surface area contributed by atoms with E-state index in [-0.39, 0.29) is 25.4 Å². The van der Waals surface area contributed by atoms with Crippen molar-refractivity contribution < 1.29 is 11.1 Å². The zero-order valence-electron chi connectivity index (χ0n) is 41.2. The molecule has 13 aromatic rings. The molecule has 1 N–H and O–H groups in total. The Labute approximate surface area is 508 Å². The van der Waals surface area contributed by atoms with Gasteiger partial charge >= 0.3 is 7.69 Å². The molecule has 0 unspecified atom stereocenters. The first-order chi connectivity index (χ1) is 37.4. The number of aromatic nitrogens is 2. The van der Waals surface area contributed by atoms with Gasteiger partial charge in [-0.3, -0.25) is 0 Å². The number of rotatable bonds is 7. The van der Waals surface area contributed by atoms with Gasteiger partial charge in [0.1, 0.15) is 17.4 Å². The van der Waals surface area contributed by atoms with Gasteiger partial charge in [0.15, 0.2) is 3.58 Å². The van der Waals surface area contributed by atoms with E-state index in [1.807, 2.05) is 36.4 Å². The second kappa shape index (κ2) is 23.6. The van der Waals surface area contributed by atoms with Gasteiger partial charge in [0.25, 0.3) is 0 Å². The topological polar surface area (TPSA) is 39.3 Å². The molecule has 1 aliphatic carbocycles. The summed E-state index contributed by atoms with van der Waals surface area (Å²) in [6.07, 6.45) is 7.27. The van der Waals surface area contributed by atoms with Crippen molar-refractivity contribution in [3.05, 3.63) is 279 Å². The summed E-state index contributed by atoms with van der Waals surface area (Å²) < 4.78 is 13.5. The quantitative estimate of drug-likeness (QED) is 0.0981. The van der Waals surface area contributed by atoms with E-state index >= 15 is 0 Å². The molecule has 11 aromatic carbocycles. The monoisotopic (exact) mass is 1440 g/mol. The average Bonchev–Trinajstić information content (AvgIpc) is 4.18. The zero-order chi connectivity index (χ0) is 51.5. The van der Waals surface area contributed by atoms with Crippen molar-refractivity contribution >= 4 is 163 Å². The molecule has 0 aliphatic heterocycles. The highest BCUT2D eigenvalue weighted by molar-refractivity contribution is 14.1. The summed E-state index contributed by atoms with van der Waals surface area (Å²) in [4.78, 5) is 0. The van der Waals surface area contributed by atoms with E-state index in [4.69, 9.17) is 9.68 Å². The van der Waals surface area contributed by atoms with Crippen LogP contribution in [0, 0.1) is 13.2 Å². The smallest absolute Gasteiger partial charge is 0.537 e. The van der Waals surface area contributed by atoms with Gasteiger partial charge in [-0.05, 0) is 175 Å². The molecule has 14 rings (SSSR count). The van der Waals surface area contributed by atoms with Crippen molar-refractivity contribution in [2.45, 2.75) is 0 Å². The first-order valence-corrected chi connectivity index (χ1v) is 28.1. The maximum atomic E-state index is 8.77. The predicted molar refractivity (Wildman–Crippen MR) is 363 cm³/mol. The lowest BCUT2D eigenvalue weighted by Crippen LogP contribution is -1.99. The highest BCUT2D eigenvalue weighted by Gasteiger charge is 2.20. The van der Waals surface area contributed by atoms with Gasteiger partial charge in [-0.25, -0.2) is 0 Å². The molecule has 1 aliphatic rings. The number of fused-ring (bicyclic) bond motifs is 8. The van der Waals surface area contributed by atoms with Crippen molar-refractivity contribution in [3.8, 4) is 50.5 Å². The van der Waals surface area contributed by atoms with Gasteiger partial charge in [-0.15, -0.1) is 24.0 Å². The minimum Gasteiger partial charge on any atom is -0.537 e. The summed E-state index contributed by atoms with van der Waals surface area (Å²) >= 11 is 7.13. The van der Waals surface area contributed by atoms with Crippen molar-refractivity contribution in [1.29, 1.82) is 0 Å². The summed E-state index contributed by atoms with van der Waals surface area (Å²) in [5.74, 6) is 0.605. The Hall–Kier alpha value is -6.59. The molecule has 0 fully saturated rings. The van der Waals surface area contributed by atoms with Crippen LogP contribution in [0.3, 0.4) is 0 Å². The molecular formula is C68H47BI4N2O2+. The highest BCUT2D eigenvalue weighted by atomic mass is 127. The van der Waals surface area contributed by atoms with Gasteiger partial charge in [0, 0.05) is 65.9 Å². The molecular weight excluding hydrogens is 1400 g/mol. The third-order valence-electron chi connectivity index (χ3n) is 13.9. The molecule has 0 atom stereocenters. The third kappa shape index (κ3) is 10.6. The summed E-state index contributed by atoms with van der Waals surface area (Å²) in [6, 6.07) is 87.8. The van der Waals surface area contributed by atoms with E-state index in [1.165, 1.54) is 104 Å². The number of para-hydroxylation sites is 4. The molecule has 0 amide bonds. The number of benzene rings is 11. The van der Waals surface area contributed by atoms with Crippen LogP contribution in [0.2, 0.25) is 0 Å². The Kier molecular flexibility index (Phi) is 16.1. The zero-order valence-corrected chi connectivity index (χ0v) is 50.0. The van der Waals surface area contributed by atoms with Crippen LogP contribution >= 0.6 is 91.7 Å². The SMILES string of the molecule is I.IC1=[C+]C=Cc2cccc(I)c21.Ic1cccc2cccc(-c3ccc(-c4ccc5c(c4)c4ccccc4n5-c4ccccc4)cc3)c12.O[B]Oc1ccc(-c2ccc3c(c2)c2ccccc2n3-c2ccccc2)cc1.[HH]. The van der Waals surface area contributed by atoms with Gasteiger partial charge < -0.3 is 18.8 Å². The van der Waals surface area contributed by atoms with E-state index in [0.29, 0.717) is 13.4 Å². The highest BCUT2D eigenvalue weighted by Crippen LogP contribution is 2.39. The third-order valence-corrected chi connectivity index (χ3v) is 16.5. The fourth-order valence-corrected chi connectivity index (χ4v) is 13.3. The summed E-state index contributed by atoms with van der Waals surface area (Å²) in [5.41, 5.74) is 17.0. The van der Waals surface area contributed by atoms with Crippen molar-refractivity contribution in [2.24, 2.45) is 0 Å². The first-order valence-electron chi connectivity index (χ1n) is 24.8. The first kappa shape index (κ1) is 52.5. The molecule has 2 heterocycles. The van der Waals surface area contributed by atoms with Crippen LogP contribution in [-0.4, -0.2) is 21.8 Å². The van der Waals surface area contributed by atoms with Crippen LogP contribution in [0.25, 0.3) is 109 Å². The number of hydrogen-bond acceptors (Lipinski definition) is 2. The number of hydrogen-bond donors (Lipinski definition) is 1. The molecule has 77 heavy (non-hydrogen) atoms. The molecule has 4 nitrogen and oxygen atoms in total. The summed E-state index contributed by atoms with van der Waals surface area (Å²) in [5, 5.41) is 16.4. The van der Waals surface area contributed by atoms with Crippen LogP contribution < -0.4 is 4.65 Å². The maximum absolute atomic E-state index is 8.77. The van der Waals surface area contributed by atoms with Gasteiger partial charge in [-0.2, -0.15) is 0 Å².